The number of benzene rings is 3. The predicted octanol–water partition coefficient (Wildman–Crippen LogP) is 5.94. The number of hydrogen-bond donors (Lipinski definition) is 4. The Labute approximate surface area is 451 Å². The van der Waals surface area contributed by atoms with Gasteiger partial charge in [0, 0.05) is 80.2 Å². The average Bonchev–Trinajstić information content (AvgIpc) is 3.99. The Balaban J connectivity index is 0.873. The molecule has 2 atom stereocenters. The Morgan fingerprint density at radius 3 is 2.44 bits per heavy atom. The standard InChI is InChI=1S/C56H75N11O10/c1-7-48-55(73)64(5)49-32-57-56(62-53(49)67(48)44-12-8-9-13-44)61-47-21-20-41(31-50(47)74-6)54(72)59-43-23-25-65(26-24-43)27-29-75-30-28-66(77-76-36-40-18-15-38(2)16-19-40)34-52(71)60-46-14-10-11-42(35-68)45(46)33-63(4)39(3)17-22-51(70)58-37-69/h10-11,14-16,18-21,31-32,35,37,39,43-44,48H,7-9,12-13,17,22-30,33-34,36H2,1-6H3,(H,59,72)(H,60,71)(H,57,61,62)(H,58,69,70)/t39?,48-/m1/s1. The number of nitrogens with zero attached hydrogens (tertiary/aromatic N) is 7. The number of fused-ring (bicyclic) bond motifs is 1. The molecule has 0 bridgehead atoms. The van der Waals surface area contributed by atoms with E-state index >= 15 is 0 Å². The Hall–Kier alpha value is -6.88. The van der Waals surface area contributed by atoms with Crippen LogP contribution in [0.2, 0.25) is 0 Å². The summed E-state index contributed by atoms with van der Waals surface area (Å²) >= 11 is 0. The first-order valence-corrected chi connectivity index (χ1v) is 26.7. The lowest BCUT2D eigenvalue weighted by molar-refractivity contribution is -0.431. The van der Waals surface area contributed by atoms with E-state index in [-0.39, 0.29) is 74.6 Å². The molecule has 4 aromatic rings. The normalized spacial score (nSPS) is 16.6. The third-order valence-corrected chi connectivity index (χ3v) is 14.7. The molecule has 4 N–H and O–H groups in total. The third kappa shape index (κ3) is 15.9. The zero-order valence-electron chi connectivity index (χ0n) is 45.3. The molecule has 3 heterocycles. The summed E-state index contributed by atoms with van der Waals surface area (Å²) in [6, 6.07) is 18.1. The molecule has 77 heavy (non-hydrogen) atoms. The lowest BCUT2D eigenvalue weighted by Gasteiger charge is -2.43. The highest BCUT2D eigenvalue weighted by Gasteiger charge is 2.41. The predicted molar refractivity (Wildman–Crippen MR) is 292 cm³/mol. The van der Waals surface area contributed by atoms with Gasteiger partial charge in [-0.25, -0.2) is 9.87 Å². The maximum absolute atomic E-state index is 13.6. The number of amides is 5. The monoisotopic (exact) mass is 1060 g/mol. The molecule has 0 radical (unpaired) electrons. The van der Waals surface area contributed by atoms with Gasteiger partial charge in [0.05, 0.1) is 38.8 Å². The van der Waals surface area contributed by atoms with Crippen molar-refractivity contribution in [3.05, 3.63) is 94.7 Å². The van der Waals surface area contributed by atoms with Crippen LogP contribution >= 0.6 is 0 Å². The van der Waals surface area contributed by atoms with Crippen molar-refractivity contribution in [2.75, 3.05) is 87.6 Å². The fourth-order valence-corrected chi connectivity index (χ4v) is 9.99. The molecule has 5 amide bonds. The second-order valence-electron chi connectivity index (χ2n) is 20.0. The molecule has 1 saturated heterocycles. The minimum Gasteiger partial charge on any atom is -0.495 e. The number of carbonyl (C=O) groups excluding carboxylic acids is 6. The minimum absolute atomic E-state index is 0.0139. The van der Waals surface area contributed by atoms with Gasteiger partial charge in [0.15, 0.2) is 5.82 Å². The number of hydroxylamine groups is 2. The summed E-state index contributed by atoms with van der Waals surface area (Å²) in [5, 5.41) is 13.0. The largest absolute Gasteiger partial charge is 0.495 e. The van der Waals surface area contributed by atoms with Gasteiger partial charge in [0.1, 0.15) is 36.9 Å². The number of imide groups is 1. The molecule has 3 aromatic carbocycles. The number of piperidine rings is 1. The van der Waals surface area contributed by atoms with Crippen LogP contribution in [0.25, 0.3) is 0 Å². The van der Waals surface area contributed by atoms with Crippen LogP contribution in [0.4, 0.5) is 28.8 Å². The number of aryl methyl sites for hydroxylation is 1. The Bertz CT molecular complexity index is 2640. The minimum atomic E-state index is -0.404. The lowest BCUT2D eigenvalue weighted by Crippen LogP contribution is -2.55. The Morgan fingerprint density at radius 2 is 1.73 bits per heavy atom. The molecule has 1 unspecified atom stereocenters. The van der Waals surface area contributed by atoms with Crippen LogP contribution in [-0.4, -0.2) is 152 Å². The third-order valence-electron chi connectivity index (χ3n) is 14.7. The van der Waals surface area contributed by atoms with E-state index in [9.17, 15) is 28.8 Å². The molecule has 2 fully saturated rings. The van der Waals surface area contributed by atoms with Crippen molar-refractivity contribution in [1.82, 2.24) is 35.5 Å². The van der Waals surface area contributed by atoms with Crippen LogP contribution in [0.3, 0.4) is 0 Å². The molecular weight excluding hydrogens is 987 g/mol. The molecule has 414 valence electrons. The summed E-state index contributed by atoms with van der Waals surface area (Å²) in [5.74, 6) is 0.663. The number of rotatable bonds is 28. The molecule has 1 aromatic heterocycles. The molecule has 3 aliphatic rings. The zero-order valence-corrected chi connectivity index (χ0v) is 45.3. The first-order chi connectivity index (χ1) is 37.3. The molecule has 21 heteroatoms. The van der Waals surface area contributed by atoms with E-state index in [0.717, 1.165) is 74.8 Å². The van der Waals surface area contributed by atoms with Gasteiger partial charge in [-0.05, 0) is 89.2 Å². The van der Waals surface area contributed by atoms with Crippen molar-refractivity contribution in [3.8, 4) is 5.75 Å². The highest BCUT2D eigenvalue weighted by atomic mass is 17.3. The van der Waals surface area contributed by atoms with Gasteiger partial charge in [0.25, 0.3) is 5.91 Å². The molecule has 0 spiro atoms. The molecule has 1 aliphatic carbocycles. The number of nitrogens with one attached hydrogen (secondary N) is 4. The summed E-state index contributed by atoms with van der Waals surface area (Å²) in [6.45, 7) is 9.31. The first-order valence-electron chi connectivity index (χ1n) is 26.7. The number of carbonyl (C=O) groups is 6. The Morgan fingerprint density at radius 1 is 0.961 bits per heavy atom. The number of ether oxygens (including phenoxy) is 2. The van der Waals surface area contributed by atoms with Gasteiger partial charge in [-0.1, -0.05) is 61.7 Å². The number of aldehydes is 1. The van der Waals surface area contributed by atoms with E-state index in [4.69, 9.17) is 24.3 Å². The van der Waals surface area contributed by atoms with Crippen molar-refractivity contribution in [2.24, 2.45) is 0 Å². The van der Waals surface area contributed by atoms with Crippen LogP contribution in [0.15, 0.2) is 66.9 Å². The van der Waals surface area contributed by atoms with Crippen LogP contribution < -0.4 is 35.8 Å². The molecule has 1 saturated carbocycles. The summed E-state index contributed by atoms with van der Waals surface area (Å²) in [5.41, 5.74) is 5.25. The summed E-state index contributed by atoms with van der Waals surface area (Å²) < 4.78 is 11.8. The highest BCUT2D eigenvalue weighted by molar-refractivity contribution is 6.04. The Kier molecular flexibility index (Phi) is 21.4. The summed E-state index contributed by atoms with van der Waals surface area (Å²) in [4.78, 5) is 104. The van der Waals surface area contributed by atoms with E-state index in [1.165, 1.54) is 5.06 Å². The van der Waals surface area contributed by atoms with Gasteiger partial charge >= 0.3 is 0 Å². The first kappa shape index (κ1) is 57.8. The van der Waals surface area contributed by atoms with E-state index in [2.05, 4.69) is 36.1 Å². The second-order valence-corrected chi connectivity index (χ2v) is 20.0. The number of aromatic nitrogens is 2. The molecule has 2 aliphatic heterocycles. The number of anilines is 5. The maximum Gasteiger partial charge on any atom is 0.251 e. The molecular formula is C56H75N11O10. The fraction of sp³-hybridized carbons (Fsp3) is 0.500. The van der Waals surface area contributed by atoms with E-state index in [1.54, 1.807) is 61.7 Å². The number of likely N-dealkylation sites (N-methyl/N-ethyl adjacent to an activating group) is 1. The smallest absolute Gasteiger partial charge is 0.251 e. The summed E-state index contributed by atoms with van der Waals surface area (Å²) in [7, 11) is 5.20. The van der Waals surface area contributed by atoms with E-state index in [0.29, 0.717) is 84.4 Å². The number of likely N-dealkylation sites (tertiary alicyclic amines) is 1. The van der Waals surface area contributed by atoms with Gasteiger partial charge < -0.3 is 40.1 Å². The van der Waals surface area contributed by atoms with E-state index in [1.807, 2.05) is 57.0 Å². The SMILES string of the molecule is CC[C@@H]1C(=O)N(C)c2cnc(Nc3ccc(C(=O)NC4CCN(CCOCCN(CC(=O)Nc5cccc(C=O)c5CN(C)C(C)CCC(=O)NC=O)OOCc5ccc(C)cc5)CC4)cc3OC)nc2N1C1CCCC1. The topological polar surface area (TPSA) is 229 Å². The quantitative estimate of drug-likeness (QED) is 0.0223. The van der Waals surface area contributed by atoms with Gasteiger partial charge in [-0.2, -0.15) is 4.98 Å². The van der Waals surface area contributed by atoms with Crippen molar-refractivity contribution in [2.45, 2.75) is 116 Å². The maximum atomic E-state index is 13.6. The van der Waals surface area contributed by atoms with Crippen molar-refractivity contribution in [1.29, 1.82) is 0 Å². The molecule has 7 rings (SSSR count). The van der Waals surface area contributed by atoms with Gasteiger partial charge in [-0.3, -0.25) is 39.0 Å². The van der Waals surface area contributed by atoms with Gasteiger partial charge in [-0.15, -0.1) is 10.1 Å². The van der Waals surface area contributed by atoms with E-state index < -0.39 is 5.91 Å². The average molecular weight is 1060 g/mol. The number of methoxy groups -OCH3 is 1. The van der Waals surface area contributed by atoms with Crippen LogP contribution in [0.5, 0.6) is 5.75 Å². The zero-order chi connectivity index (χ0) is 54.8. The fourth-order valence-electron chi connectivity index (χ4n) is 9.99. The van der Waals surface area contributed by atoms with Crippen LogP contribution in [-0.2, 0) is 46.9 Å². The lowest BCUT2D eigenvalue weighted by atomic mass is 10.0. The highest BCUT2D eigenvalue weighted by Crippen LogP contribution is 2.40. The second kappa shape index (κ2) is 28.5. The van der Waals surface area contributed by atoms with Gasteiger partial charge in [0.2, 0.25) is 30.1 Å². The molecule has 21 nitrogen and oxygen atoms in total. The number of hydrogen-bond acceptors (Lipinski definition) is 17. The van der Waals surface area contributed by atoms with Crippen LogP contribution in [0, 0.1) is 6.92 Å². The van der Waals surface area contributed by atoms with Crippen molar-refractivity contribution >= 4 is 65.2 Å². The van der Waals surface area contributed by atoms with Crippen molar-refractivity contribution in [3.63, 3.8) is 0 Å². The van der Waals surface area contributed by atoms with Crippen molar-refractivity contribution < 1.29 is 48.1 Å². The summed E-state index contributed by atoms with van der Waals surface area (Å²) in [6.07, 6.45) is 9.93. The van der Waals surface area contributed by atoms with Crippen LogP contribution in [0.1, 0.15) is 109 Å².